The zero-order chi connectivity index (χ0) is 23.3. The number of ether oxygens (including phenoxy) is 1. The van der Waals surface area contributed by atoms with Crippen molar-refractivity contribution in [3.8, 4) is 22.5 Å². The molecular weight excluding hydrogens is 455 g/mol. The van der Waals surface area contributed by atoms with Crippen LogP contribution in [0.3, 0.4) is 0 Å². The molecule has 1 amide bonds. The minimum Gasteiger partial charge on any atom is -0.378 e. The average Bonchev–Trinajstić information content (AvgIpc) is 3.16. The number of carbonyl (C=O) groups excluding carboxylic acids is 1. The molecule has 0 unspecified atom stereocenters. The maximum absolute atomic E-state index is 13.4. The number of hydrogen-bond donors (Lipinski definition) is 1. The number of morpholine rings is 1. The summed E-state index contributed by atoms with van der Waals surface area (Å²) in [6.45, 7) is 2.90. The van der Waals surface area contributed by atoms with Gasteiger partial charge < -0.3 is 15.4 Å². The van der Waals surface area contributed by atoms with Crippen molar-refractivity contribution in [2.75, 3.05) is 31.2 Å². The summed E-state index contributed by atoms with van der Waals surface area (Å²) in [4.78, 5) is 19.1. The summed E-state index contributed by atoms with van der Waals surface area (Å²) in [5, 5.41) is -0.400. The molecule has 2 heterocycles. The van der Waals surface area contributed by atoms with Gasteiger partial charge in [-0.2, -0.15) is 13.2 Å². The summed E-state index contributed by atoms with van der Waals surface area (Å²) in [5.74, 6) is -0.652. The zero-order valence-electron chi connectivity index (χ0n) is 17.4. The first kappa shape index (κ1) is 21.7. The third kappa shape index (κ3) is 3.94. The first-order valence-electron chi connectivity index (χ1n) is 10.4. The Morgan fingerprint density at radius 1 is 1.09 bits per heavy atom. The van der Waals surface area contributed by atoms with E-state index in [-0.39, 0.29) is 16.8 Å². The Balaban J connectivity index is 1.61. The van der Waals surface area contributed by atoms with Crippen LogP contribution in [-0.2, 0) is 17.3 Å². The smallest absolute Gasteiger partial charge is 0.378 e. The van der Waals surface area contributed by atoms with Gasteiger partial charge in [0.15, 0.2) is 0 Å². The minimum absolute atomic E-state index is 0.204. The molecule has 1 saturated heterocycles. The standard InChI is InChI=1S/C24H19ClF3N3O2/c25-20-4-1-13(11-19(20)24(26,27)28)21-12-18(23(29)32)17-10-14-9-15(31-5-7-33-8-6-31)2-3-16(14)22(17)30-21/h1-4,9,11-12H,5-8,10H2,(H2,29,32). The van der Waals surface area contributed by atoms with E-state index in [4.69, 9.17) is 22.1 Å². The number of amides is 1. The second kappa shape index (κ2) is 8.04. The van der Waals surface area contributed by atoms with Crippen LogP contribution in [0, 0.1) is 0 Å². The van der Waals surface area contributed by atoms with Gasteiger partial charge in [0.05, 0.1) is 35.2 Å². The van der Waals surface area contributed by atoms with Crippen LogP contribution in [0.1, 0.15) is 27.0 Å². The molecule has 5 nitrogen and oxygen atoms in total. The molecule has 9 heteroatoms. The summed E-state index contributed by atoms with van der Waals surface area (Å²) >= 11 is 5.76. The minimum atomic E-state index is -4.61. The lowest BCUT2D eigenvalue weighted by Crippen LogP contribution is -2.36. The fraction of sp³-hybridized carbons (Fsp3) is 0.250. The Bertz CT molecular complexity index is 1270. The molecule has 0 bridgehead atoms. The molecular formula is C24H19ClF3N3O2. The Morgan fingerprint density at radius 2 is 1.85 bits per heavy atom. The summed E-state index contributed by atoms with van der Waals surface area (Å²) in [6.07, 6.45) is -4.14. The Kier molecular flexibility index (Phi) is 5.29. The first-order valence-corrected chi connectivity index (χ1v) is 10.8. The molecule has 0 saturated carbocycles. The van der Waals surface area contributed by atoms with Gasteiger partial charge in [-0.1, -0.05) is 23.7 Å². The maximum Gasteiger partial charge on any atom is 0.417 e. The fourth-order valence-corrected chi connectivity index (χ4v) is 4.63. The molecule has 33 heavy (non-hydrogen) atoms. The predicted molar refractivity (Wildman–Crippen MR) is 119 cm³/mol. The first-order chi connectivity index (χ1) is 15.7. The largest absolute Gasteiger partial charge is 0.417 e. The second-order valence-corrected chi connectivity index (χ2v) is 8.46. The van der Waals surface area contributed by atoms with Gasteiger partial charge in [-0.25, -0.2) is 4.98 Å². The van der Waals surface area contributed by atoms with Crippen LogP contribution < -0.4 is 10.6 Å². The summed E-state index contributed by atoms with van der Waals surface area (Å²) in [5.41, 5.74) is 9.52. The van der Waals surface area contributed by atoms with E-state index in [0.29, 0.717) is 30.9 Å². The highest BCUT2D eigenvalue weighted by Crippen LogP contribution is 2.42. The van der Waals surface area contributed by atoms with Crippen LogP contribution in [0.5, 0.6) is 0 Å². The molecule has 1 aliphatic carbocycles. The number of nitrogens with two attached hydrogens (primary N) is 1. The van der Waals surface area contributed by atoms with Crippen LogP contribution in [0.4, 0.5) is 18.9 Å². The van der Waals surface area contributed by atoms with Gasteiger partial charge in [0.25, 0.3) is 0 Å². The quantitative estimate of drug-likeness (QED) is 0.458. The highest BCUT2D eigenvalue weighted by atomic mass is 35.5. The third-order valence-corrected chi connectivity index (χ3v) is 6.37. The van der Waals surface area contributed by atoms with E-state index in [1.54, 1.807) is 0 Å². The number of nitrogens with zero attached hydrogens (tertiary/aromatic N) is 2. The van der Waals surface area contributed by atoms with Crippen LogP contribution in [0.25, 0.3) is 22.5 Å². The topological polar surface area (TPSA) is 68.5 Å². The fourth-order valence-electron chi connectivity index (χ4n) is 4.41. The zero-order valence-corrected chi connectivity index (χ0v) is 18.1. The molecule has 170 valence electrons. The molecule has 1 fully saturated rings. The summed E-state index contributed by atoms with van der Waals surface area (Å²) < 4.78 is 45.5. The SMILES string of the molecule is NC(=O)c1cc(-c2ccc(Cl)c(C(F)(F)F)c2)nc2c1Cc1cc(N3CCOCC3)ccc1-2. The van der Waals surface area contributed by atoms with Gasteiger partial charge in [-0.15, -0.1) is 0 Å². The molecule has 0 spiro atoms. The maximum atomic E-state index is 13.4. The number of aromatic nitrogens is 1. The van der Waals surface area contributed by atoms with Gasteiger partial charge in [0.2, 0.25) is 5.91 Å². The van der Waals surface area contributed by atoms with E-state index in [0.717, 1.165) is 36.0 Å². The molecule has 0 atom stereocenters. The van der Waals surface area contributed by atoms with E-state index in [9.17, 15) is 18.0 Å². The number of primary amides is 1. The van der Waals surface area contributed by atoms with Crippen molar-refractivity contribution in [3.63, 3.8) is 0 Å². The number of pyridine rings is 1. The van der Waals surface area contributed by atoms with Gasteiger partial charge in [-0.05, 0) is 41.5 Å². The molecule has 2 N–H and O–H groups in total. The number of carbonyl (C=O) groups is 1. The monoisotopic (exact) mass is 473 g/mol. The van der Waals surface area contributed by atoms with E-state index < -0.39 is 22.7 Å². The van der Waals surface area contributed by atoms with Gasteiger partial charge in [-0.3, -0.25) is 4.79 Å². The lowest BCUT2D eigenvalue weighted by molar-refractivity contribution is -0.137. The number of anilines is 1. The molecule has 2 aliphatic rings. The number of fused-ring (bicyclic) bond motifs is 3. The van der Waals surface area contributed by atoms with Gasteiger partial charge >= 0.3 is 6.18 Å². The van der Waals surface area contributed by atoms with Gasteiger partial charge in [0, 0.05) is 41.9 Å². The number of hydrogen-bond acceptors (Lipinski definition) is 4. The predicted octanol–water partition coefficient (Wildman–Crippen LogP) is 4.93. The highest BCUT2D eigenvalue weighted by molar-refractivity contribution is 6.31. The summed E-state index contributed by atoms with van der Waals surface area (Å²) in [7, 11) is 0. The number of benzene rings is 2. The van der Waals surface area contributed by atoms with E-state index in [1.807, 2.05) is 12.1 Å². The number of alkyl halides is 3. The molecule has 2 aromatic carbocycles. The van der Waals surface area contributed by atoms with Crippen LogP contribution in [-0.4, -0.2) is 37.2 Å². The van der Waals surface area contributed by atoms with Crippen LogP contribution in [0.2, 0.25) is 5.02 Å². The van der Waals surface area contributed by atoms with E-state index >= 15 is 0 Å². The normalized spacial score (nSPS) is 15.3. The number of halogens is 4. The molecule has 1 aromatic heterocycles. The lowest BCUT2D eigenvalue weighted by atomic mass is 10.0. The summed E-state index contributed by atoms with van der Waals surface area (Å²) in [6, 6.07) is 11.0. The van der Waals surface area contributed by atoms with E-state index in [1.165, 1.54) is 18.2 Å². The molecule has 0 radical (unpaired) electrons. The Morgan fingerprint density at radius 3 is 2.55 bits per heavy atom. The highest BCUT2D eigenvalue weighted by Gasteiger charge is 2.34. The van der Waals surface area contributed by atoms with Crippen molar-refractivity contribution in [1.82, 2.24) is 4.98 Å². The van der Waals surface area contributed by atoms with Crippen molar-refractivity contribution in [2.45, 2.75) is 12.6 Å². The van der Waals surface area contributed by atoms with E-state index in [2.05, 4.69) is 16.0 Å². The number of rotatable bonds is 3. The second-order valence-electron chi connectivity index (χ2n) is 8.06. The van der Waals surface area contributed by atoms with Crippen molar-refractivity contribution in [1.29, 1.82) is 0 Å². The molecule has 1 aliphatic heterocycles. The lowest BCUT2D eigenvalue weighted by Gasteiger charge is -2.29. The van der Waals surface area contributed by atoms with Crippen molar-refractivity contribution >= 4 is 23.2 Å². The van der Waals surface area contributed by atoms with Gasteiger partial charge in [0.1, 0.15) is 0 Å². The van der Waals surface area contributed by atoms with Crippen molar-refractivity contribution < 1.29 is 22.7 Å². The van der Waals surface area contributed by atoms with Crippen molar-refractivity contribution in [3.05, 3.63) is 69.7 Å². The Hall–Kier alpha value is -3.10. The Labute approximate surface area is 192 Å². The molecule has 5 rings (SSSR count). The third-order valence-electron chi connectivity index (χ3n) is 6.04. The molecule has 3 aromatic rings. The van der Waals surface area contributed by atoms with Crippen LogP contribution in [0.15, 0.2) is 42.5 Å². The van der Waals surface area contributed by atoms with Crippen molar-refractivity contribution in [2.24, 2.45) is 5.73 Å². The van der Waals surface area contributed by atoms with Crippen LogP contribution >= 0.6 is 11.6 Å². The average molecular weight is 474 g/mol.